The summed E-state index contributed by atoms with van der Waals surface area (Å²) in [5, 5.41) is 2.53. The maximum atomic E-state index is 11.8. The molecule has 6 nitrogen and oxygen atoms in total. The number of carbonyl (C=O) groups excluding carboxylic acids is 2. The Morgan fingerprint density at radius 1 is 1.32 bits per heavy atom. The number of ether oxygens (including phenoxy) is 2. The molecule has 1 aromatic heterocycles. The lowest BCUT2D eigenvalue weighted by atomic mass is 10.1. The molecule has 1 amide bonds. The lowest BCUT2D eigenvalue weighted by Gasteiger charge is -2.16. The van der Waals surface area contributed by atoms with Crippen LogP contribution in [0.15, 0.2) is 42.0 Å². The van der Waals surface area contributed by atoms with E-state index in [0.717, 1.165) is 10.4 Å². The van der Waals surface area contributed by atoms with Gasteiger partial charge in [0.05, 0.1) is 17.5 Å². The van der Waals surface area contributed by atoms with Gasteiger partial charge in [-0.1, -0.05) is 30.3 Å². The Morgan fingerprint density at radius 2 is 2.09 bits per heavy atom. The molecule has 1 heterocycles. The number of amides is 1. The highest BCUT2D eigenvalue weighted by atomic mass is 32.1. The second-order valence-corrected chi connectivity index (χ2v) is 5.42. The van der Waals surface area contributed by atoms with Crippen molar-refractivity contribution in [1.29, 1.82) is 0 Å². The molecule has 2 rings (SSSR count). The van der Waals surface area contributed by atoms with E-state index in [0.29, 0.717) is 6.42 Å². The maximum Gasteiger partial charge on any atom is 0.408 e. The van der Waals surface area contributed by atoms with Crippen molar-refractivity contribution in [2.75, 3.05) is 7.11 Å². The number of carbonyl (C=O) groups is 2. The van der Waals surface area contributed by atoms with Crippen molar-refractivity contribution in [2.45, 2.75) is 19.1 Å². The van der Waals surface area contributed by atoms with Gasteiger partial charge in [0.2, 0.25) is 0 Å². The molecule has 0 radical (unpaired) electrons. The lowest BCUT2D eigenvalue weighted by Crippen LogP contribution is -2.43. The van der Waals surface area contributed by atoms with Crippen molar-refractivity contribution in [1.82, 2.24) is 10.3 Å². The Kier molecular flexibility index (Phi) is 5.91. The summed E-state index contributed by atoms with van der Waals surface area (Å²) < 4.78 is 9.78. The molecule has 0 aliphatic carbocycles. The molecule has 1 aromatic carbocycles. The summed E-state index contributed by atoms with van der Waals surface area (Å²) in [7, 11) is 1.28. The van der Waals surface area contributed by atoms with Gasteiger partial charge in [0, 0.05) is 12.6 Å². The molecular weight excluding hydrogens is 304 g/mol. The highest BCUT2D eigenvalue weighted by molar-refractivity contribution is 7.09. The predicted octanol–water partition coefficient (Wildman–Crippen LogP) is 2.15. The molecule has 0 fully saturated rings. The average molecular weight is 320 g/mol. The molecule has 1 N–H and O–H groups in total. The normalized spacial score (nSPS) is 11.5. The molecule has 0 saturated heterocycles. The van der Waals surface area contributed by atoms with Crippen molar-refractivity contribution in [2.24, 2.45) is 0 Å². The number of aromatic nitrogens is 1. The second-order valence-electron chi connectivity index (χ2n) is 4.45. The monoisotopic (exact) mass is 320 g/mol. The number of hydrogen-bond donors (Lipinski definition) is 1. The number of nitrogens with zero attached hydrogens (tertiary/aromatic N) is 1. The summed E-state index contributed by atoms with van der Waals surface area (Å²) in [6, 6.07) is 8.58. The van der Waals surface area contributed by atoms with E-state index < -0.39 is 18.1 Å². The van der Waals surface area contributed by atoms with Crippen molar-refractivity contribution in [3.8, 4) is 0 Å². The van der Waals surface area contributed by atoms with Crippen LogP contribution in [0.5, 0.6) is 0 Å². The second kappa shape index (κ2) is 8.14. The standard InChI is InChI=1S/C15H16N2O4S/c1-20-14(18)13(7-11-5-3-2-4-6-11)17-15(19)21-9-12-8-16-10-22-12/h2-6,8,10,13H,7,9H2,1H3,(H,17,19). The molecule has 1 atom stereocenters. The van der Waals surface area contributed by atoms with Crippen molar-refractivity contribution >= 4 is 23.4 Å². The van der Waals surface area contributed by atoms with Gasteiger partial charge in [-0.05, 0) is 5.56 Å². The Labute approximate surface area is 132 Å². The minimum absolute atomic E-state index is 0.121. The topological polar surface area (TPSA) is 77.5 Å². The van der Waals surface area contributed by atoms with Gasteiger partial charge in [-0.25, -0.2) is 9.59 Å². The predicted molar refractivity (Wildman–Crippen MR) is 81.4 cm³/mol. The Bertz CT molecular complexity index is 601. The first kappa shape index (κ1) is 16.0. The minimum Gasteiger partial charge on any atom is -0.467 e. The molecule has 0 bridgehead atoms. The molecular formula is C15H16N2O4S. The summed E-state index contributed by atoms with van der Waals surface area (Å²) in [5.74, 6) is -0.515. The third-order valence-electron chi connectivity index (χ3n) is 2.89. The van der Waals surface area contributed by atoms with Gasteiger partial charge >= 0.3 is 12.1 Å². The van der Waals surface area contributed by atoms with Crippen molar-refractivity contribution in [3.63, 3.8) is 0 Å². The summed E-state index contributed by atoms with van der Waals surface area (Å²) in [6.45, 7) is 0.121. The van der Waals surface area contributed by atoms with E-state index in [2.05, 4.69) is 10.3 Å². The first-order chi connectivity index (χ1) is 10.7. The highest BCUT2D eigenvalue weighted by Gasteiger charge is 2.22. The minimum atomic E-state index is -0.790. The van der Waals surface area contributed by atoms with Gasteiger partial charge in [0.25, 0.3) is 0 Å². The van der Waals surface area contributed by atoms with E-state index >= 15 is 0 Å². The Morgan fingerprint density at radius 3 is 2.73 bits per heavy atom. The summed E-state index contributed by atoms with van der Waals surface area (Å²) >= 11 is 1.39. The number of esters is 1. The number of nitrogens with one attached hydrogen (secondary N) is 1. The van der Waals surface area contributed by atoms with Gasteiger partial charge in [-0.2, -0.15) is 0 Å². The number of alkyl carbamates (subject to hydrolysis) is 1. The number of methoxy groups -OCH3 is 1. The Hall–Kier alpha value is -2.41. The van der Waals surface area contributed by atoms with Gasteiger partial charge in [0.15, 0.2) is 0 Å². The zero-order valence-corrected chi connectivity index (χ0v) is 12.8. The SMILES string of the molecule is COC(=O)C(Cc1ccccc1)NC(=O)OCc1cncs1. The largest absolute Gasteiger partial charge is 0.467 e. The van der Waals surface area contributed by atoms with Crippen LogP contribution in [-0.2, 0) is 27.3 Å². The van der Waals surface area contributed by atoms with Crippen LogP contribution in [0.2, 0.25) is 0 Å². The van der Waals surface area contributed by atoms with E-state index in [9.17, 15) is 9.59 Å². The number of hydrogen-bond acceptors (Lipinski definition) is 6. The van der Waals surface area contributed by atoms with E-state index in [-0.39, 0.29) is 6.61 Å². The lowest BCUT2D eigenvalue weighted by molar-refractivity contribution is -0.143. The number of thiazole rings is 1. The molecule has 22 heavy (non-hydrogen) atoms. The zero-order chi connectivity index (χ0) is 15.8. The van der Waals surface area contributed by atoms with Crippen LogP contribution in [0, 0.1) is 0 Å². The summed E-state index contributed by atoms with van der Waals surface area (Å²) in [4.78, 5) is 28.3. The van der Waals surface area contributed by atoms with E-state index in [4.69, 9.17) is 9.47 Å². The van der Waals surface area contributed by atoms with E-state index in [1.807, 2.05) is 30.3 Å². The fraction of sp³-hybridized carbons (Fsp3) is 0.267. The van der Waals surface area contributed by atoms with Gasteiger partial charge < -0.3 is 14.8 Å². The van der Waals surface area contributed by atoms with Gasteiger partial charge in [0.1, 0.15) is 12.6 Å². The molecule has 0 spiro atoms. The van der Waals surface area contributed by atoms with Crippen LogP contribution in [-0.4, -0.2) is 30.2 Å². The molecule has 1 unspecified atom stereocenters. The third kappa shape index (κ3) is 4.85. The molecule has 0 aliphatic rings. The number of rotatable bonds is 6. The molecule has 116 valence electrons. The van der Waals surface area contributed by atoms with Crippen LogP contribution < -0.4 is 5.32 Å². The summed E-state index contributed by atoms with van der Waals surface area (Å²) in [6.07, 6.45) is 1.29. The fourth-order valence-corrected chi connectivity index (χ4v) is 2.33. The van der Waals surface area contributed by atoms with E-state index in [1.54, 1.807) is 11.7 Å². The molecule has 7 heteroatoms. The smallest absolute Gasteiger partial charge is 0.408 e. The third-order valence-corrected chi connectivity index (χ3v) is 3.64. The van der Waals surface area contributed by atoms with Crippen LogP contribution >= 0.6 is 11.3 Å². The number of benzene rings is 1. The zero-order valence-electron chi connectivity index (χ0n) is 12.0. The van der Waals surface area contributed by atoms with Gasteiger partial charge in [-0.15, -0.1) is 11.3 Å². The first-order valence-electron chi connectivity index (χ1n) is 6.61. The molecule has 2 aromatic rings. The fourth-order valence-electron chi connectivity index (χ4n) is 1.82. The van der Waals surface area contributed by atoms with E-state index in [1.165, 1.54) is 18.4 Å². The van der Waals surface area contributed by atoms with Crippen LogP contribution in [0.1, 0.15) is 10.4 Å². The van der Waals surface area contributed by atoms with Crippen LogP contribution in [0.25, 0.3) is 0 Å². The summed E-state index contributed by atoms with van der Waals surface area (Å²) in [5.41, 5.74) is 2.57. The quantitative estimate of drug-likeness (QED) is 0.825. The molecule has 0 saturated carbocycles. The van der Waals surface area contributed by atoms with Crippen LogP contribution in [0.4, 0.5) is 4.79 Å². The maximum absolute atomic E-state index is 11.8. The van der Waals surface area contributed by atoms with Crippen LogP contribution in [0.3, 0.4) is 0 Å². The Balaban J connectivity index is 1.91. The average Bonchev–Trinajstić information content (AvgIpc) is 3.06. The first-order valence-corrected chi connectivity index (χ1v) is 7.49. The van der Waals surface area contributed by atoms with Gasteiger partial charge in [-0.3, -0.25) is 4.98 Å². The van der Waals surface area contributed by atoms with Crippen molar-refractivity contribution in [3.05, 3.63) is 52.5 Å². The van der Waals surface area contributed by atoms with Crippen molar-refractivity contribution < 1.29 is 19.1 Å². The highest BCUT2D eigenvalue weighted by Crippen LogP contribution is 2.08. The molecule has 0 aliphatic heterocycles.